The molecule has 0 fully saturated rings. The zero-order valence-electron chi connectivity index (χ0n) is 30.1. The highest BCUT2D eigenvalue weighted by atomic mass is 16.3. The highest BCUT2D eigenvalue weighted by Crippen LogP contribution is 2.19. The number of nitrogens with zero attached hydrogens (tertiary/aromatic N) is 1. The van der Waals surface area contributed by atoms with Crippen molar-refractivity contribution in [3.8, 4) is 0 Å². The highest BCUT2D eigenvalue weighted by Gasteiger charge is 2.40. The van der Waals surface area contributed by atoms with Gasteiger partial charge in [-0.25, -0.2) is 0 Å². The van der Waals surface area contributed by atoms with Crippen LogP contribution < -0.4 is 0 Å². The number of aliphatic hydroxyl groups excluding tert-OH is 1. The summed E-state index contributed by atoms with van der Waals surface area (Å²) in [5.74, 6) is -0.642. The van der Waals surface area contributed by atoms with Crippen molar-refractivity contribution in [2.75, 3.05) is 21.1 Å². The van der Waals surface area contributed by atoms with E-state index in [1.165, 1.54) is 148 Å². The maximum absolute atomic E-state index is 13.1. The molecule has 0 bridgehead atoms. The molecular weight excluding hydrogens is 530 g/mol. The predicted octanol–water partition coefficient (Wildman–Crippen LogP) is 11.3. The van der Waals surface area contributed by atoms with Crippen molar-refractivity contribution in [3.05, 3.63) is 0 Å². The zero-order chi connectivity index (χ0) is 32.0. The van der Waals surface area contributed by atoms with Crippen LogP contribution in [0.5, 0.6) is 0 Å². The summed E-state index contributed by atoms with van der Waals surface area (Å²) in [6, 6.07) is -0.652. The molecule has 4 heteroatoms. The molecule has 2 unspecified atom stereocenters. The van der Waals surface area contributed by atoms with Crippen molar-refractivity contribution in [1.82, 2.24) is 0 Å². The van der Waals surface area contributed by atoms with Gasteiger partial charge in [0.05, 0.1) is 21.1 Å². The van der Waals surface area contributed by atoms with Crippen LogP contribution >= 0.6 is 0 Å². The summed E-state index contributed by atoms with van der Waals surface area (Å²) in [6.45, 7) is 4.54. The average Bonchev–Trinajstić information content (AvgIpc) is 2.96. The maximum Gasteiger partial charge on any atom is 0.258 e. The highest BCUT2D eigenvalue weighted by molar-refractivity contribution is 6.38. The van der Waals surface area contributed by atoms with E-state index in [-0.39, 0.29) is 11.6 Å². The number of hydrogen-bond acceptors (Lipinski definition) is 3. The third kappa shape index (κ3) is 26.2. The van der Waals surface area contributed by atoms with Crippen LogP contribution in [-0.2, 0) is 9.59 Å². The molecule has 1 N–H and O–H groups in total. The van der Waals surface area contributed by atoms with E-state index in [9.17, 15) is 14.7 Å². The number of rotatable bonds is 34. The summed E-state index contributed by atoms with van der Waals surface area (Å²) < 4.78 is 0.309. The Kier molecular flexibility index (Phi) is 29.4. The molecule has 0 saturated heterocycles. The SMILES string of the molecule is CCCCCCCCCCCCCCCCCC(O)C(C(=O)C(=O)CCCCCCCCCCCCCCC)[N+](C)(C)C. The minimum atomic E-state index is -0.745. The number of ketones is 2. The van der Waals surface area contributed by atoms with Crippen LogP contribution in [0.3, 0.4) is 0 Å². The first-order valence-electron chi connectivity index (χ1n) is 19.3. The van der Waals surface area contributed by atoms with E-state index in [2.05, 4.69) is 13.8 Å². The van der Waals surface area contributed by atoms with Crippen LogP contribution in [0, 0.1) is 0 Å². The van der Waals surface area contributed by atoms with Crippen LogP contribution in [0.1, 0.15) is 206 Å². The van der Waals surface area contributed by atoms with Crippen molar-refractivity contribution in [2.45, 2.75) is 219 Å². The van der Waals surface area contributed by atoms with Gasteiger partial charge in [-0.15, -0.1) is 0 Å². The van der Waals surface area contributed by atoms with Gasteiger partial charge in [-0.3, -0.25) is 9.59 Å². The van der Waals surface area contributed by atoms with Crippen molar-refractivity contribution < 1.29 is 19.2 Å². The van der Waals surface area contributed by atoms with Crippen LogP contribution in [0.4, 0.5) is 0 Å². The zero-order valence-corrected chi connectivity index (χ0v) is 30.1. The Morgan fingerprint density at radius 2 is 0.744 bits per heavy atom. The maximum atomic E-state index is 13.1. The Bertz CT molecular complexity index is 626. The Morgan fingerprint density at radius 3 is 1.05 bits per heavy atom. The first-order valence-corrected chi connectivity index (χ1v) is 19.3. The standard InChI is InChI=1S/C39H78NO3/c1-6-8-10-12-14-16-18-20-21-23-24-26-28-30-32-34-36(41)38(40(3,4)5)39(43)37(42)35-33-31-29-27-25-22-19-17-15-13-11-9-7-2/h36,38,41H,6-35H2,1-5H3/q+1. The van der Waals surface area contributed by atoms with Crippen molar-refractivity contribution in [2.24, 2.45) is 0 Å². The Balaban J connectivity index is 3.94. The number of Topliss-reactive ketones (excluding diaryl/α,β-unsaturated/α-hetero) is 2. The largest absolute Gasteiger partial charge is 0.386 e. The summed E-state index contributed by atoms with van der Waals surface area (Å²) in [5.41, 5.74) is 0. The van der Waals surface area contributed by atoms with E-state index in [0.717, 1.165) is 32.1 Å². The molecule has 0 radical (unpaired) electrons. The van der Waals surface area contributed by atoms with E-state index >= 15 is 0 Å². The Morgan fingerprint density at radius 1 is 0.465 bits per heavy atom. The van der Waals surface area contributed by atoms with E-state index in [1.54, 1.807) is 0 Å². The van der Waals surface area contributed by atoms with Crippen molar-refractivity contribution in [1.29, 1.82) is 0 Å². The second kappa shape index (κ2) is 29.9. The first-order chi connectivity index (χ1) is 20.8. The van der Waals surface area contributed by atoms with Crippen LogP contribution in [0.25, 0.3) is 0 Å². The molecule has 0 aromatic rings. The van der Waals surface area contributed by atoms with Gasteiger partial charge in [-0.05, 0) is 12.8 Å². The monoisotopic (exact) mass is 609 g/mol. The quantitative estimate of drug-likeness (QED) is 0.0449. The van der Waals surface area contributed by atoms with E-state index in [1.807, 2.05) is 21.1 Å². The van der Waals surface area contributed by atoms with E-state index < -0.39 is 12.1 Å². The van der Waals surface area contributed by atoms with Gasteiger partial charge in [0.25, 0.3) is 5.78 Å². The van der Waals surface area contributed by atoms with Crippen LogP contribution in [-0.4, -0.2) is 54.4 Å². The lowest BCUT2D eigenvalue weighted by atomic mass is 9.93. The Labute approximate surface area is 270 Å². The predicted molar refractivity (Wildman–Crippen MR) is 188 cm³/mol. The lowest BCUT2D eigenvalue weighted by molar-refractivity contribution is -0.889. The van der Waals surface area contributed by atoms with E-state index in [0.29, 0.717) is 17.3 Å². The topological polar surface area (TPSA) is 54.4 Å². The fourth-order valence-corrected chi connectivity index (χ4v) is 6.52. The minimum Gasteiger partial charge on any atom is -0.386 e. The lowest BCUT2D eigenvalue weighted by Gasteiger charge is -2.35. The number of quaternary nitrogens is 1. The average molecular weight is 609 g/mol. The fourth-order valence-electron chi connectivity index (χ4n) is 6.52. The molecule has 0 amide bonds. The lowest BCUT2D eigenvalue weighted by Crippen LogP contribution is -2.57. The normalized spacial score (nSPS) is 13.3. The van der Waals surface area contributed by atoms with Gasteiger partial charge in [0, 0.05) is 6.42 Å². The molecule has 0 aromatic carbocycles. The smallest absolute Gasteiger partial charge is 0.258 e. The summed E-state index contributed by atoms with van der Waals surface area (Å²) in [6.07, 6.45) is 36.3. The van der Waals surface area contributed by atoms with Crippen molar-refractivity contribution >= 4 is 11.6 Å². The number of likely N-dealkylation sites (N-methyl/N-ethyl adjacent to an activating group) is 1. The van der Waals surface area contributed by atoms with Gasteiger partial charge >= 0.3 is 0 Å². The van der Waals surface area contributed by atoms with Crippen LogP contribution in [0.15, 0.2) is 0 Å². The molecule has 0 aromatic heterocycles. The van der Waals surface area contributed by atoms with Crippen molar-refractivity contribution in [3.63, 3.8) is 0 Å². The second-order valence-corrected chi connectivity index (χ2v) is 14.6. The summed E-state index contributed by atoms with van der Waals surface area (Å²) in [7, 11) is 5.78. The third-order valence-electron chi connectivity index (χ3n) is 9.35. The minimum absolute atomic E-state index is 0.281. The molecule has 0 saturated carbocycles. The molecule has 2 atom stereocenters. The summed E-state index contributed by atoms with van der Waals surface area (Å²) >= 11 is 0. The van der Waals surface area contributed by atoms with E-state index in [4.69, 9.17) is 0 Å². The summed E-state index contributed by atoms with van der Waals surface area (Å²) in [4.78, 5) is 25.9. The molecule has 256 valence electrons. The number of aliphatic hydroxyl groups is 1. The van der Waals surface area contributed by atoms with Crippen LogP contribution in [0.2, 0.25) is 0 Å². The molecule has 0 aliphatic carbocycles. The molecule has 0 rings (SSSR count). The Hall–Kier alpha value is -0.740. The fraction of sp³-hybridized carbons (Fsp3) is 0.949. The molecular formula is C39H78NO3+. The number of unbranched alkanes of at least 4 members (excludes halogenated alkanes) is 26. The molecule has 0 heterocycles. The third-order valence-corrected chi connectivity index (χ3v) is 9.35. The molecule has 4 nitrogen and oxygen atoms in total. The van der Waals surface area contributed by atoms with Gasteiger partial charge in [-0.2, -0.15) is 0 Å². The molecule has 0 aliphatic rings. The molecule has 0 aliphatic heterocycles. The number of carbonyl (C=O) groups is 2. The van der Waals surface area contributed by atoms with Gasteiger partial charge in [0.1, 0.15) is 6.10 Å². The van der Waals surface area contributed by atoms with Gasteiger partial charge in [0.2, 0.25) is 5.78 Å². The second-order valence-electron chi connectivity index (χ2n) is 14.6. The number of carbonyl (C=O) groups excluding carboxylic acids is 2. The first kappa shape index (κ1) is 42.3. The van der Waals surface area contributed by atoms with Gasteiger partial charge in [-0.1, -0.05) is 187 Å². The molecule has 43 heavy (non-hydrogen) atoms. The number of hydrogen-bond donors (Lipinski definition) is 1. The van der Waals surface area contributed by atoms with Gasteiger partial charge < -0.3 is 9.59 Å². The molecule has 0 spiro atoms. The summed E-state index contributed by atoms with van der Waals surface area (Å²) in [5, 5.41) is 11.0. The van der Waals surface area contributed by atoms with Gasteiger partial charge in [0.15, 0.2) is 6.04 Å².